The van der Waals surface area contributed by atoms with Crippen molar-refractivity contribution in [2.75, 3.05) is 0 Å². The molecule has 1 aromatic rings. The van der Waals surface area contributed by atoms with Gasteiger partial charge in [0.15, 0.2) is 0 Å². The van der Waals surface area contributed by atoms with Crippen molar-refractivity contribution in [2.45, 2.75) is 51.5 Å². The predicted octanol–water partition coefficient (Wildman–Crippen LogP) is 3.48. The van der Waals surface area contributed by atoms with Crippen LogP contribution in [0, 0.1) is 13.8 Å². The fourth-order valence-electron chi connectivity index (χ4n) is 2.58. The van der Waals surface area contributed by atoms with E-state index in [2.05, 4.69) is 19.9 Å². The van der Waals surface area contributed by atoms with Gasteiger partial charge in [0, 0.05) is 15.3 Å². The zero-order chi connectivity index (χ0) is 10.2. The van der Waals surface area contributed by atoms with Crippen LogP contribution in [0.1, 0.15) is 47.4 Å². The Kier molecular flexibility index (Phi) is 2.67. The predicted molar refractivity (Wildman–Crippen MR) is 62.7 cm³/mol. The molecule has 14 heavy (non-hydrogen) atoms. The lowest BCUT2D eigenvalue weighted by molar-refractivity contribution is 0.302. The molecule has 2 rings (SSSR count). The second kappa shape index (κ2) is 3.67. The number of nitrogens with two attached hydrogens (primary N) is 1. The molecule has 1 heterocycles. The number of aryl methyl sites for hydroxylation is 2. The van der Waals surface area contributed by atoms with Crippen molar-refractivity contribution in [1.29, 1.82) is 0 Å². The highest BCUT2D eigenvalue weighted by Gasteiger charge is 2.31. The first-order chi connectivity index (χ1) is 6.62. The molecule has 0 saturated heterocycles. The zero-order valence-electron chi connectivity index (χ0n) is 9.10. The summed E-state index contributed by atoms with van der Waals surface area (Å²) in [5.74, 6) is 0. The molecule has 0 amide bonds. The maximum atomic E-state index is 6.50. The lowest BCUT2D eigenvalue weighted by Crippen LogP contribution is -2.38. The van der Waals surface area contributed by atoms with Crippen molar-refractivity contribution in [1.82, 2.24) is 0 Å². The maximum absolute atomic E-state index is 6.50. The molecule has 2 N–H and O–H groups in total. The number of hydrogen-bond donors (Lipinski definition) is 1. The van der Waals surface area contributed by atoms with Crippen LogP contribution < -0.4 is 5.73 Å². The van der Waals surface area contributed by atoms with E-state index in [9.17, 15) is 0 Å². The molecule has 1 aliphatic rings. The molecule has 1 fully saturated rings. The molecule has 1 saturated carbocycles. The standard InChI is InChI=1S/C12H19NS/c1-9-8-11(10(2)14-9)12(13)6-4-3-5-7-12/h8H,3-7,13H2,1-2H3. The molecule has 1 aliphatic carbocycles. The molecule has 0 unspecified atom stereocenters. The molecule has 78 valence electrons. The first-order valence-corrected chi connectivity index (χ1v) is 6.30. The van der Waals surface area contributed by atoms with Crippen LogP contribution in [0.15, 0.2) is 6.07 Å². The summed E-state index contributed by atoms with van der Waals surface area (Å²) in [6, 6.07) is 2.30. The van der Waals surface area contributed by atoms with Gasteiger partial charge in [0.1, 0.15) is 0 Å². The lowest BCUT2D eigenvalue weighted by atomic mass is 9.77. The number of hydrogen-bond acceptors (Lipinski definition) is 2. The van der Waals surface area contributed by atoms with Crippen LogP contribution in [0.4, 0.5) is 0 Å². The fourth-order valence-corrected chi connectivity index (χ4v) is 3.61. The first-order valence-electron chi connectivity index (χ1n) is 5.48. The quantitative estimate of drug-likeness (QED) is 0.753. The van der Waals surface area contributed by atoms with Crippen LogP contribution in [0.25, 0.3) is 0 Å². The Labute approximate surface area is 90.3 Å². The Morgan fingerprint density at radius 3 is 2.36 bits per heavy atom. The minimum absolute atomic E-state index is 0.00685. The average Bonchev–Trinajstić information content (AvgIpc) is 2.47. The second-order valence-corrected chi connectivity index (χ2v) is 6.00. The van der Waals surface area contributed by atoms with Gasteiger partial charge in [-0.2, -0.15) is 0 Å². The van der Waals surface area contributed by atoms with Crippen LogP contribution in [-0.4, -0.2) is 0 Å². The van der Waals surface area contributed by atoms with Crippen molar-refractivity contribution in [3.05, 3.63) is 21.4 Å². The van der Waals surface area contributed by atoms with Gasteiger partial charge in [-0.15, -0.1) is 11.3 Å². The van der Waals surface area contributed by atoms with Crippen molar-refractivity contribution >= 4 is 11.3 Å². The summed E-state index contributed by atoms with van der Waals surface area (Å²) < 4.78 is 0. The summed E-state index contributed by atoms with van der Waals surface area (Å²) >= 11 is 1.88. The van der Waals surface area contributed by atoms with Gasteiger partial charge in [-0.3, -0.25) is 0 Å². The Hall–Kier alpha value is -0.340. The van der Waals surface area contributed by atoms with E-state index in [0.717, 1.165) is 0 Å². The highest BCUT2D eigenvalue weighted by molar-refractivity contribution is 7.12. The Morgan fingerprint density at radius 2 is 1.86 bits per heavy atom. The van der Waals surface area contributed by atoms with Gasteiger partial charge in [-0.05, 0) is 38.3 Å². The smallest absolute Gasteiger partial charge is 0.0420 e. The minimum Gasteiger partial charge on any atom is -0.321 e. The van der Waals surface area contributed by atoms with Crippen molar-refractivity contribution in [3.63, 3.8) is 0 Å². The highest BCUT2D eigenvalue weighted by atomic mass is 32.1. The van der Waals surface area contributed by atoms with E-state index in [-0.39, 0.29) is 5.54 Å². The van der Waals surface area contributed by atoms with Crippen molar-refractivity contribution in [2.24, 2.45) is 5.73 Å². The third-order valence-corrected chi connectivity index (χ3v) is 4.29. The topological polar surface area (TPSA) is 26.0 Å². The van der Waals surface area contributed by atoms with Crippen LogP contribution >= 0.6 is 11.3 Å². The molecule has 0 bridgehead atoms. The molecular weight excluding hydrogens is 190 g/mol. The second-order valence-electron chi connectivity index (χ2n) is 4.54. The lowest BCUT2D eigenvalue weighted by Gasteiger charge is -2.33. The number of rotatable bonds is 1. The molecule has 0 spiro atoms. The molecule has 0 aromatic carbocycles. The van der Waals surface area contributed by atoms with Gasteiger partial charge in [-0.25, -0.2) is 0 Å². The van der Waals surface area contributed by atoms with Crippen LogP contribution in [0.2, 0.25) is 0 Å². The van der Waals surface area contributed by atoms with E-state index in [1.54, 1.807) is 0 Å². The van der Waals surface area contributed by atoms with E-state index in [1.165, 1.54) is 47.4 Å². The summed E-state index contributed by atoms with van der Waals surface area (Å²) in [6.45, 7) is 4.38. The van der Waals surface area contributed by atoms with Crippen LogP contribution in [0.5, 0.6) is 0 Å². The van der Waals surface area contributed by atoms with Gasteiger partial charge in [0.2, 0.25) is 0 Å². The summed E-state index contributed by atoms with van der Waals surface area (Å²) in [6.07, 6.45) is 6.30. The summed E-state index contributed by atoms with van der Waals surface area (Å²) in [7, 11) is 0. The molecule has 1 aromatic heterocycles. The van der Waals surface area contributed by atoms with Gasteiger partial charge in [0.05, 0.1) is 0 Å². The summed E-state index contributed by atoms with van der Waals surface area (Å²) in [5.41, 5.74) is 7.91. The summed E-state index contributed by atoms with van der Waals surface area (Å²) in [5, 5.41) is 0. The maximum Gasteiger partial charge on any atom is 0.0420 e. The highest BCUT2D eigenvalue weighted by Crippen LogP contribution is 2.38. The average molecular weight is 209 g/mol. The minimum atomic E-state index is -0.00685. The Balaban J connectivity index is 2.32. The van der Waals surface area contributed by atoms with Gasteiger partial charge < -0.3 is 5.73 Å². The Bertz CT molecular complexity index is 321. The fraction of sp³-hybridized carbons (Fsp3) is 0.667. The molecular formula is C12H19NS. The Morgan fingerprint density at radius 1 is 1.21 bits per heavy atom. The molecule has 0 atom stereocenters. The normalized spacial score (nSPS) is 21.1. The van der Waals surface area contributed by atoms with Gasteiger partial charge >= 0.3 is 0 Å². The molecule has 1 nitrogen and oxygen atoms in total. The SMILES string of the molecule is Cc1cc(C2(N)CCCCC2)c(C)s1. The largest absolute Gasteiger partial charge is 0.321 e. The van der Waals surface area contributed by atoms with Crippen LogP contribution in [0.3, 0.4) is 0 Å². The van der Waals surface area contributed by atoms with Gasteiger partial charge in [0.25, 0.3) is 0 Å². The third kappa shape index (κ3) is 1.73. The monoisotopic (exact) mass is 209 g/mol. The first kappa shape index (κ1) is 10.2. The van der Waals surface area contributed by atoms with Crippen molar-refractivity contribution in [3.8, 4) is 0 Å². The van der Waals surface area contributed by atoms with Crippen molar-refractivity contribution < 1.29 is 0 Å². The van der Waals surface area contributed by atoms with E-state index in [1.807, 2.05) is 11.3 Å². The molecule has 0 aliphatic heterocycles. The van der Waals surface area contributed by atoms with Gasteiger partial charge in [-0.1, -0.05) is 19.3 Å². The van der Waals surface area contributed by atoms with Crippen LogP contribution in [-0.2, 0) is 5.54 Å². The van der Waals surface area contributed by atoms with E-state index < -0.39 is 0 Å². The molecule has 2 heteroatoms. The zero-order valence-corrected chi connectivity index (χ0v) is 9.91. The molecule has 0 radical (unpaired) electrons. The van der Waals surface area contributed by atoms with E-state index in [4.69, 9.17) is 5.73 Å². The number of thiophene rings is 1. The van der Waals surface area contributed by atoms with E-state index >= 15 is 0 Å². The third-order valence-electron chi connectivity index (χ3n) is 3.32. The van der Waals surface area contributed by atoms with E-state index in [0.29, 0.717) is 0 Å². The summed E-state index contributed by atoms with van der Waals surface area (Å²) in [4.78, 5) is 2.82.